The largest absolute Gasteiger partial charge is 0.465 e. The van der Waals surface area contributed by atoms with E-state index in [9.17, 15) is 0 Å². The molecule has 46 valence electrons. The van der Waals surface area contributed by atoms with E-state index in [0.717, 1.165) is 5.76 Å². The zero-order valence-corrected chi connectivity index (χ0v) is 5.05. The molecule has 0 aliphatic heterocycles. The Morgan fingerprint density at radius 2 is 2.78 bits per heavy atom. The molecule has 0 saturated carbocycles. The summed E-state index contributed by atoms with van der Waals surface area (Å²) >= 11 is 0. The number of furan rings is 1. The molecule has 1 aromatic heterocycles. The fourth-order valence-corrected chi connectivity index (χ4v) is 0.618. The first-order valence-corrected chi connectivity index (χ1v) is 2.67. The maximum absolute atomic E-state index is 6.94. The Kier molecular flexibility index (Phi) is 1.26. The maximum Gasteiger partial charge on any atom is 0.116 e. The highest BCUT2D eigenvalue weighted by Gasteiger charge is 1.92. The normalized spacial score (nSPS) is 10.3. The Labute approximate surface area is 56.1 Å². The van der Waals surface area contributed by atoms with Gasteiger partial charge < -0.3 is 4.42 Å². The predicted octanol–water partition coefficient (Wildman–Crippen LogP) is 1.76. The van der Waals surface area contributed by atoms with Gasteiger partial charge in [-0.3, -0.25) is 0 Å². The third kappa shape index (κ3) is 1.36. The monoisotopic (exact) mass is 121 g/mol. The van der Waals surface area contributed by atoms with Crippen molar-refractivity contribution in [1.29, 1.82) is 0 Å². The molecule has 0 bridgehead atoms. The molecule has 0 spiro atoms. The zero-order valence-electron chi connectivity index (χ0n) is 6.05. The Morgan fingerprint density at radius 3 is 3.33 bits per heavy atom. The Bertz CT molecular complexity index is 244. The van der Waals surface area contributed by atoms with Crippen LogP contribution in [0.2, 0.25) is 0 Å². The average molecular weight is 121 g/mol. The molecule has 1 heteroatoms. The van der Waals surface area contributed by atoms with E-state index in [-0.39, 0.29) is 6.90 Å². The standard InChI is InChI=1S/C8H8O/c1-3-4-8-6-5-7(2)9-8/h1,5-6H,4H2,2H3/i2D. The van der Waals surface area contributed by atoms with Crippen LogP contribution in [0.25, 0.3) is 0 Å². The third-order valence-corrected chi connectivity index (χ3v) is 0.994. The van der Waals surface area contributed by atoms with Crippen molar-refractivity contribution in [2.24, 2.45) is 0 Å². The highest BCUT2D eigenvalue weighted by molar-refractivity contribution is 5.10. The first kappa shape index (κ1) is 4.69. The van der Waals surface area contributed by atoms with Crippen LogP contribution in [0.15, 0.2) is 16.5 Å². The molecule has 0 atom stereocenters. The molecule has 0 amide bonds. The summed E-state index contributed by atoms with van der Waals surface area (Å²) in [7, 11) is 0. The molecule has 1 aromatic rings. The van der Waals surface area contributed by atoms with E-state index in [1.165, 1.54) is 0 Å². The van der Waals surface area contributed by atoms with Gasteiger partial charge in [-0.25, -0.2) is 0 Å². The molecule has 1 rings (SSSR count). The van der Waals surface area contributed by atoms with E-state index in [1.807, 2.05) is 6.07 Å². The van der Waals surface area contributed by atoms with Crippen molar-refractivity contribution in [3.63, 3.8) is 0 Å². The van der Waals surface area contributed by atoms with E-state index in [0.29, 0.717) is 12.2 Å². The van der Waals surface area contributed by atoms with E-state index in [2.05, 4.69) is 5.92 Å². The van der Waals surface area contributed by atoms with Crippen molar-refractivity contribution >= 4 is 0 Å². The van der Waals surface area contributed by atoms with Crippen molar-refractivity contribution in [2.75, 3.05) is 0 Å². The summed E-state index contributed by atoms with van der Waals surface area (Å²) in [5.74, 6) is 3.91. The van der Waals surface area contributed by atoms with Gasteiger partial charge in [-0.2, -0.15) is 0 Å². The lowest BCUT2D eigenvalue weighted by atomic mass is 10.3. The molecule has 0 aliphatic carbocycles. The number of terminal acetylenes is 1. The molecule has 1 nitrogen and oxygen atoms in total. The minimum atomic E-state index is 0.185. The van der Waals surface area contributed by atoms with Crippen molar-refractivity contribution < 1.29 is 5.79 Å². The number of rotatable bonds is 1. The Balaban J connectivity index is 2.70. The fraction of sp³-hybridized carbons (Fsp3) is 0.250. The van der Waals surface area contributed by atoms with Crippen LogP contribution in [0.5, 0.6) is 0 Å². The average Bonchev–Trinajstić information content (AvgIpc) is 2.37. The molecule has 0 radical (unpaired) electrons. The van der Waals surface area contributed by atoms with Crippen LogP contribution < -0.4 is 0 Å². The summed E-state index contributed by atoms with van der Waals surface area (Å²) in [5.41, 5.74) is 0. The van der Waals surface area contributed by atoms with Gasteiger partial charge in [0.2, 0.25) is 0 Å². The molecule has 0 fully saturated rings. The van der Waals surface area contributed by atoms with Crippen LogP contribution >= 0.6 is 0 Å². The summed E-state index contributed by atoms with van der Waals surface area (Å²) < 4.78 is 12.1. The van der Waals surface area contributed by atoms with Crippen molar-refractivity contribution in [2.45, 2.75) is 13.3 Å². The summed E-state index contributed by atoms with van der Waals surface area (Å²) in [4.78, 5) is 0. The smallest absolute Gasteiger partial charge is 0.116 e. The molecular formula is C8H8O. The summed E-state index contributed by atoms with van der Waals surface area (Å²) in [5, 5.41) is 0. The van der Waals surface area contributed by atoms with Gasteiger partial charge >= 0.3 is 0 Å². The van der Waals surface area contributed by atoms with Crippen molar-refractivity contribution in [3.05, 3.63) is 23.7 Å². The number of hydrogen-bond acceptors (Lipinski definition) is 1. The summed E-state index contributed by atoms with van der Waals surface area (Å²) in [6.07, 6.45) is 5.57. The highest BCUT2D eigenvalue weighted by atomic mass is 16.3. The second-order valence-electron chi connectivity index (χ2n) is 1.75. The Hall–Kier alpha value is -1.16. The second kappa shape index (κ2) is 2.41. The van der Waals surface area contributed by atoms with Gasteiger partial charge in [-0.1, -0.05) is 5.92 Å². The van der Waals surface area contributed by atoms with Gasteiger partial charge in [-0.05, 0) is 19.0 Å². The van der Waals surface area contributed by atoms with Crippen molar-refractivity contribution in [3.8, 4) is 12.3 Å². The quantitative estimate of drug-likeness (QED) is 0.516. The first-order chi connectivity index (χ1) is 4.86. The minimum absolute atomic E-state index is 0.185. The lowest BCUT2D eigenvalue weighted by molar-refractivity contribution is 0.496. The van der Waals surface area contributed by atoms with E-state index < -0.39 is 0 Å². The first-order valence-electron chi connectivity index (χ1n) is 3.38. The highest BCUT2D eigenvalue weighted by Crippen LogP contribution is 2.05. The van der Waals surface area contributed by atoms with Crippen molar-refractivity contribution in [1.82, 2.24) is 0 Å². The molecule has 0 aliphatic rings. The predicted molar refractivity (Wildman–Crippen MR) is 36.0 cm³/mol. The molecular weight excluding hydrogens is 112 g/mol. The summed E-state index contributed by atoms with van der Waals surface area (Å²) in [6.45, 7) is 0.185. The third-order valence-electron chi connectivity index (χ3n) is 0.994. The maximum atomic E-state index is 6.94. The lowest BCUT2D eigenvalue weighted by Gasteiger charge is -1.83. The van der Waals surface area contributed by atoms with Gasteiger partial charge in [0.25, 0.3) is 0 Å². The molecule has 9 heavy (non-hydrogen) atoms. The lowest BCUT2D eigenvalue weighted by Crippen LogP contribution is -1.71. The van der Waals surface area contributed by atoms with Gasteiger partial charge in [0.05, 0.1) is 6.42 Å². The summed E-state index contributed by atoms with van der Waals surface area (Å²) in [6, 6.07) is 3.59. The van der Waals surface area contributed by atoms with Crippen LogP contribution in [0, 0.1) is 19.2 Å². The van der Waals surface area contributed by atoms with Crippen LogP contribution in [-0.2, 0) is 6.42 Å². The molecule has 0 aromatic carbocycles. The molecule has 0 saturated heterocycles. The fourth-order valence-electron chi connectivity index (χ4n) is 0.618. The SMILES string of the molecule is [2H]Cc1ccc(CC#C)o1. The van der Waals surface area contributed by atoms with E-state index >= 15 is 0 Å². The number of aryl methyl sites for hydroxylation is 1. The van der Waals surface area contributed by atoms with Crippen LogP contribution in [0.4, 0.5) is 0 Å². The van der Waals surface area contributed by atoms with Crippen LogP contribution in [-0.4, -0.2) is 0 Å². The van der Waals surface area contributed by atoms with Crippen LogP contribution in [0.1, 0.15) is 12.9 Å². The zero-order chi connectivity index (χ0) is 7.40. The van der Waals surface area contributed by atoms with Gasteiger partial charge in [0.1, 0.15) is 11.5 Å². The minimum Gasteiger partial charge on any atom is -0.465 e. The van der Waals surface area contributed by atoms with Crippen LogP contribution in [0.3, 0.4) is 0 Å². The molecule has 0 N–H and O–H groups in total. The van der Waals surface area contributed by atoms with Gasteiger partial charge in [-0.15, -0.1) is 6.42 Å². The number of hydrogen-bond donors (Lipinski definition) is 0. The molecule has 0 unspecified atom stereocenters. The Morgan fingerprint density at radius 1 is 1.89 bits per heavy atom. The van der Waals surface area contributed by atoms with Gasteiger partial charge in [0.15, 0.2) is 0 Å². The van der Waals surface area contributed by atoms with Gasteiger partial charge in [0, 0.05) is 1.37 Å². The second-order valence-corrected chi connectivity index (χ2v) is 1.75. The molecule has 1 heterocycles. The van der Waals surface area contributed by atoms with E-state index in [1.54, 1.807) is 6.07 Å². The van der Waals surface area contributed by atoms with E-state index in [4.69, 9.17) is 12.2 Å². The topological polar surface area (TPSA) is 13.1 Å².